The molecular weight excluding hydrogens is 424 g/mol. The highest BCUT2D eigenvalue weighted by Crippen LogP contribution is 2.07. The van der Waals surface area contributed by atoms with Gasteiger partial charge in [-0.05, 0) is 11.1 Å². The Bertz CT molecular complexity index is 405. The highest BCUT2D eigenvalue weighted by Gasteiger charge is 1.98. The van der Waals surface area contributed by atoms with Gasteiger partial charge < -0.3 is 28.4 Å². The van der Waals surface area contributed by atoms with E-state index in [9.17, 15) is 0 Å². The maximum Gasteiger partial charge on any atom is 0.111 e. The van der Waals surface area contributed by atoms with Gasteiger partial charge in [-0.2, -0.15) is 23.5 Å². The van der Waals surface area contributed by atoms with Crippen molar-refractivity contribution in [2.45, 2.75) is 0 Å². The largest absolute Gasteiger partial charge is 0.499 e. The lowest BCUT2D eigenvalue weighted by Gasteiger charge is -2.09. The van der Waals surface area contributed by atoms with Crippen LogP contribution < -0.4 is 0 Å². The van der Waals surface area contributed by atoms with Crippen LogP contribution in [0.4, 0.5) is 0 Å². The maximum atomic E-state index is 5.57. The Hall–Kier alpha value is -0.900. The van der Waals surface area contributed by atoms with Crippen molar-refractivity contribution >= 4 is 23.5 Å². The number of thioether (sulfide) groups is 2. The zero-order valence-electron chi connectivity index (χ0n) is 18.1. The van der Waals surface area contributed by atoms with Gasteiger partial charge in [0.1, 0.15) is 13.2 Å². The fraction of sp³-hybridized carbons (Fsp3) is 0.636. The molecule has 0 heterocycles. The second-order valence-electron chi connectivity index (χ2n) is 6.01. The molecule has 0 atom stereocenters. The first-order valence-electron chi connectivity index (χ1n) is 9.95. The Morgan fingerprint density at radius 2 is 0.967 bits per heavy atom. The van der Waals surface area contributed by atoms with Crippen molar-refractivity contribution < 1.29 is 28.4 Å². The van der Waals surface area contributed by atoms with Gasteiger partial charge in [-0.3, -0.25) is 0 Å². The molecule has 8 heteroatoms. The number of hydrogen-bond acceptors (Lipinski definition) is 8. The molecule has 0 aliphatic heterocycles. The molecule has 0 spiro atoms. The minimum Gasteiger partial charge on any atom is -0.499 e. The van der Waals surface area contributed by atoms with Crippen molar-refractivity contribution in [3.8, 4) is 0 Å². The molecule has 0 radical (unpaired) electrons. The van der Waals surface area contributed by atoms with Crippen LogP contribution in [0.15, 0.2) is 50.0 Å². The lowest BCUT2D eigenvalue weighted by Crippen LogP contribution is -2.09. The molecule has 0 aliphatic rings. The molecule has 0 amide bonds. The molecule has 0 aliphatic carbocycles. The van der Waals surface area contributed by atoms with Crippen LogP contribution >= 0.6 is 23.5 Å². The molecule has 0 fully saturated rings. The SMILES string of the molecule is C=COCCOCC(=C)CSCCOCCOCCSCC(=C)COCCOC=C. The molecule has 0 unspecified atom stereocenters. The predicted molar refractivity (Wildman–Crippen MR) is 129 cm³/mol. The Labute approximate surface area is 191 Å². The average Bonchev–Trinajstić information content (AvgIpc) is 2.74. The number of rotatable bonds is 25. The predicted octanol–water partition coefficient (Wildman–Crippen LogP) is 3.95. The standard InChI is InChI=1S/C22H38O6S2/c1-5-23-7-11-27-17-21(3)19-29-15-13-25-9-10-26-14-16-30-20-22(4)18-28-12-8-24-6-2/h5-6H,1-4,7-20H2. The van der Waals surface area contributed by atoms with Crippen LogP contribution in [0.2, 0.25) is 0 Å². The van der Waals surface area contributed by atoms with E-state index in [0.717, 1.165) is 34.2 Å². The summed E-state index contributed by atoms with van der Waals surface area (Å²) >= 11 is 3.58. The van der Waals surface area contributed by atoms with Gasteiger partial charge >= 0.3 is 0 Å². The van der Waals surface area contributed by atoms with E-state index in [4.69, 9.17) is 28.4 Å². The van der Waals surface area contributed by atoms with E-state index in [-0.39, 0.29) is 0 Å². The summed E-state index contributed by atoms with van der Waals surface area (Å²) in [5.41, 5.74) is 2.13. The fourth-order valence-electron chi connectivity index (χ4n) is 1.89. The summed E-state index contributed by atoms with van der Waals surface area (Å²) in [7, 11) is 0. The lowest BCUT2D eigenvalue weighted by molar-refractivity contribution is 0.0605. The highest BCUT2D eigenvalue weighted by atomic mass is 32.2. The summed E-state index contributed by atoms with van der Waals surface area (Å²) in [6.07, 6.45) is 2.83. The van der Waals surface area contributed by atoms with Gasteiger partial charge in [0.15, 0.2) is 0 Å². The van der Waals surface area contributed by atoms with Crippen molar-refractivity contribution in [1.29, 1.82) is 0 Å². The maximum absolute atomic E-state index is 5.57. The minimum absolute atomic E-state index is 0.523. The topological polar surface area (TPSA) is 55.4 Å². The molecule has 0 aromatic carbocycles. The molecule has 0 bridgehead atoms. The van der Waals surface area contributed by atoms with Crippen LogP contribution in [-0.2, 0) is 28.4 Å². The van der Waals surface area contributed by atoms with E-state index in [1.54, 1.807) is 23.5 Å². The first-order chi connectivity index (χ1) is 14.7. The molecule has 0 N–H and O–H groups in total. The number of ether oxygens (including phenoxy) is 6. The van der Waals surface area contributed by atoms with Crippen molar-refractivity contribution in [3.63, 3.8) is 0 Å². The van der Waals surface area contributed by atoms with Gasteiger partial charge in [0.25, 0.3) is 0 Å². The molecule has 6 nitrogen and oxygen atoms in total. The van der Waals surface area contributed by atoms with Crippen molar-refractivity contribution in [3.05, 3.63) is 50.0 Å². The summed E-state index contributed by atoms with van der Waals surface area (Å²) in [6, 6.07) is 0. The summed E-state index contributed by atoms with van der Waals surface area (Å²) < 4.78 is 32.0. The number of hydrogen-bond donors (Lipinski definition) is 0. The summed E-state index contributed by atoms with van der Waals surface area (Å²) in [6.45, 7) is 20.9. The molecule has 0 aromatic heterocycles. The van der Waals surface area contributed by atoms with Gasteiger partial charge in [0, 0.05) is 23.0 Å². The lowest BCUT2D eigenvalue weighted by atomic mass is 10.4. The summed E-state index contributed by atoms with van der Waals surface area (Å²) in [5.74, 6) is 3.60. The van der Waals surface area contributed by atoms with E-state index in [2.05, 4.69) is 26.3 Å². The van der Waals surface area contributed by atoms with Crippen LogP contribution in [0.5, 0.6) is 0 Å². The second-order valence-corrected chi connectivity index (χ2v) is 8.22. The molecule has 0 rings (SSSR count). The molecule has 0 aromatic rings. The summed E-state index contributed by atoms with van der Waals surface area (Å²) in [5, 5.41) is 0. The van der Waals surface area contributed by atoms with Crippen LogP contribution in [-0.4, -0.2) is 89.1 Å². The van der Waals surface area contributed by atoms with E-state index in [1.807, 2.05) is 0 Å². The van der Waals surface area contributed by atoms with Gasteiger partial charge in [-0.1, -0.05) is 26.3 Å². The van der Waals surface area contributed by atoms with E-state index < -0.39 is 0 Å². The molecule has 174 valence electrons. The Balaban J connectivity index is 3.22. The quantitative estimate of drug-likeness (QED) is 0.115. The van der Waals surface area contributed by atoms with Crippen LogP contribution in [0, 0.1) is 0 Å². The van der Waals surface area contributed by atoms with E-state index in [1.165, 1.54) is 12.5 Å². The molecule has 30 heavy (non-hydrogen) atoms. The minimum atomic E-state index is 0.523. The monoisotopic (exact) mass is 462 g/mol. The fourth-order valence-corrected chi connectivity index (χ4v) is 3.39. The first-order valence-corrected chi connectivity index (χ1v) is 12.3. The van der Waals surface area contributed by atoms with Gasteiger partial charge in [-0.15, -0.1) is 0 Å². The Morgan fingerprint density at radius 3 is 1.37 bits per heavy atom. The van der Waals surface area contributed by atoms with Crippen LogP contribution in [0.1, 0.15) is 0 Å². The summed E-state index contributed by atoms with van der Waals surface area (Å²) in [4.78, 5) is 0. The third-order valence-electron chi connectivity index (χ3n) is 3.27. The van der Waals surface area contributed by atoms with Crippen molar-refractivity contribution in [1.82, 2.24) is 0 Å². The van der Waals surface area contributed by atoms with Crippen LogP contribution in [0.25, 0.3) is 0 Å². The second kappa shape index (κ2) is 24.4. The van der Waals surface area contributed by atoms with E-state index >= 15 is 0 Å². The van der Waals surface area contributed by atoms with E-state index in [0.29, 0.717) is 66.1 Å². The normalized spacial score (nSPS) is 10.5. The zero-order valence-corrected chi connectivity index (χ0v) is 19.8. The first kappa shape index (κ1) is 29.1. The third-order valence-corrected chi connectivity index (χ3v) is 5.40. The molecule has 0 saturated carbocycles. The Morgan fingerprint density at radius 1 is 0.567 bits per heavy atom. The smallest absolute Gasteiger partial charge is 0.111 e. The molecule has 0 saturated heterocycles. The highest BCUT2D eigenvalue weighted by molar-refractivity contribution is 7.99. The Kier molecular flexibility index (Phi) is 23.6. The van der Waals surface area contributed by atoms with Crippen LogP contribution in [0.3, 0.4) is 0 Å². The van der Waals surface area contributed by atoms with Gasteiger partial charge in [0.05, 0.1) is 65.4 Å². The average molecular weight is 463 g/mol. The van der Waals surface area contributed by atoms with Gasteiger partial charge in [0.2, 0.25) is 0 Å². The third kappa shape index (κ3) is 23.4. The molecular formula is C22H38O6S2. The van der Waals surface area contributed by atoms with Gasteiger partial charge in [-0.25, -0.2) is 0 Å². The van der Waals surface area contributed by atoms with Crippen molar-refractivity contribution in [2.24, 2.45) is 0 Å². The zero-order chi connectivity index (χ0) is 22.1. The van der Waals surface area contributed by atoms with Crippen molar-refractivity contribution in [2.75, 3.05) is 89.1 Å².